The Bertz CT molecular complexity index is 1180. The fraction of sp³-hybridized carbons (Fsp3) is 0.677. The molecule has 1 unspecified atom stereocenters. The van der Waals surface area contributed by atoms with Crippen LogP contribution in [-0.4, -0.2) is 64.4 Å². The largest absolute Gasteiger partial charge is 0.301 e. The number of hydrogen-bond acceptors (Lipinski definition) is 6. The zero-order chi connectivity index (χ0) is 28.0. The van der Waals surface area contributed by atoms with Crippen molar-refractivity contribution in [2.75, 3.05) is 19.3 Å². The van der Waals surface area contributed by atoms with E-state index in [1.807, 2.05) is 0 Å². The van der Waals surface area contributed by atoms with Crippen molar-refractivity contribution in [3.63, 3.8) is 0 Å². The van der Waals surface area contributed by atoms with Gasteiger partial charge in [0, 0.05) is 12.0 Å². The van der Waals surface area contributed by atoms with Crippen LogP contribution in [0.25, 0.3) is 0 Å². The number of halogens is 1. The van der Waals surface area contributed by atoms with Crippen LogP contribution in [0.2, 0.25) is 0 Å². The number of unbranched alkanes of at least 4 members (excludes halogenated alkanes) is 4. The van der Waals surface area contributed by atoms with E-state index in [9.17, 15) is 23.6 Å². The summed E-state index contributed by atoms with van der Waals surface area (Å²) in [6.45, 7) is 1.17. The van der Waals surface area contributed by atoms with Crippen LogP contribution in [0.15, 0.2) is 17.0 Å². The van der Waals surface area contributed by atoms with Crippen LogP contribution in [0, 0.1) is 23.6 Å². The minimum atomic E-state index is -1.05. The molecule has 216 valence electrons. The summed E-state index contributed by atoms with van der Waals surface area (Å²) in [6, 6.07) is 1.50. The Kier molecular flexibility index (Phi) is 7.81. The molecule has 7 nitrogen and oxygen atoms in total. The van der Waals surface area contributed by atoms with Crippen LogP contribution in [0.3, 0.4) is 0 Å². The number of hydrogen-bond donors (Lipinski definition) is 1. The van der Waals surface area contributed by atoms with Crippen LogP contribution in [0.5, 0.6) is 0 Å². The molecule has 4 amide bonds. The molecule has 40 heavy (non-hydrogen) atoms. The number of nitrogens with one attached hydrogen (secondary N) is 1. The van der Waals surface area contributed by atoms with Crippen molar-refractivity contribution in [1.29, 1.82) is 0 Å². The molecule has 1 aromatic carbocycles. The number of benzene rings is 1. The summed E-state index contributed by atoms with van der Waals surface area (Å²) in [4.78, 5) is 53.8. The van der Waals surface area contributed by atoms with E-state index >= 15 is 0 Å². The molecule has 0 spiro atoms. The lowest BCUT2D eigenvalue weighted by atomic mass is 9.52. The van der Waals surface area contributed by atoms with Crippen LogP contribution in [0.1, 0.15) is 104 Å². The maximum absolute atomic E-state index is 14.8. The van der Waals surface area contributed by atoms with E-state index in [4.69, 9.17) is 0 Å². The third kappa shape index (κ3) is 5.13. The molecule has 1 atom stereocenters. The molecule has 1 N–H and O–H groups in total. The van der Waals surface area contributed by atoms with E-state index in [0.29, 0.717) is 11.3 Å². The van der Waals surface area contributed by atoms with Gasteiger partial charge in [0.25, 0.3) is 11.8 Å². The summed E-state index contributed by atoms with van der Waals surface area (Å²) in [5.74, 6) is 0.694. The Labute approximate surface area is 240 Å². The van der Waals surface area contributed by atoms with E-state index in [1.165, 1.54) is 81.8 Å². The van der Waals surface area contributed by atoms with Crippen LogP contribution in [-0.2, 0) is 9.59 Å². The normalized spacial score (nSPS) is 30.9. The van der Waals surface area contributed by atoms with Gasteiger partial charge in [0.05, 0.1) is 16.0 Å². The number of amides is 4. The number of thioether (sulfide) groups is 1. The van der Waals surface area contributed by atoms with Gasteiger partial charge in [-0.25, -0.2) is 4.39 Å². The molecule has 4 bridgehead atoms. The molecule has 4 saturated carbocycles. The molecule has 2 aliphatic heterocycles. The Morgan fingerprint density at radius 1 is 0.950 bits per heavy atom. The molecule has 7 rings (SSSR count). The fourth-order valence-electron chi connectivity index (χ4n) is 8.57. The van der Waals surface area contributed by atoms with Gasteiger partial charge < -0.3 is 4.90 Å². The predicted molar refractivity (Wildman–Crippen MR) is 150 cm³/mol. The monoisotopic (exact) mass is 569 g/mol. The zero-order valence-electron chi connectivity index (χ0n) is 23.4. The maximum atomic E-state index is 14.8. The second kappa shape index (κ2) is 11.2. The van der Waals surface area contributed by atoms with E-state index in [2.05, 4.69) is 17.3 Å². The molecule has 2 heterocycles. The molecule has 4 aliphatic carbocycles. The highest BCUT2D eigenvalue weighted by molar-refractivity contribution is 7.99. The van der Waals surface area contributed by atoms with E-state index in [0.717, 1.165) is 41.9 Å². The maximum Gasteiger partial charge on any atom is 0.263 e. The van der Waals surface area contributed by atoms with Gasteiger partial charge in [0.15, 0.2) is 0 Å². The minimum absolute atomic E-state index is 0.0485. The van der Waals surface area contributed by atoms with E-state index in [-0.39, 0.29) is 28.9 Å². The molecule has 9 heteroatoms. The topological polar surface area (TPSA) is 86.8 Å². The predicted octanol–water partition coefficient (Wildman–Crippen LogP) is 5.17. The lowest BCUT2D eigenvalue weighted by Gasteiger charge is -2.60. The first-order chi connectivity index (χ1) is 19.3. The molecule has 5 fully saturated rings. The number of rotatable bonds is 11. The first kappa shape index (κ1) is 27.9. The standard InChI is InChI=1S/C31H40FN3O4S/c1-34(31-16-19-13-20(17-31)15-21(14-19)18-31)11-5-3-2-4-6-12-40-27-23(32)8-7-22-26(27)30(39)35(29(22)38)24-9-10-25(36)33-28(24)37/h7-8,19-21,24H,2-6,9-18H2,1H3,(H,33,36,37). The third-order valence-corrected chi connectivity index (χ3v) is 11.4. The van der Waals surface area contributed by atoms with E-state index < -0.39 is 35.5 Å². The Morgan fingerprint density at radius 3 is 2.27 bits per heavy atom. The second-order valence-electron chi connectivity index (χ2n) is 12.9. The SMILES string of the molecule is CN(CCCCCCCSc1c(F)ccc2c1C(=O)N(C1CCC(=O)NC1=O)C2=O)C12CC3CC(CC(C3)C1)C2. The molecule has 0 aromatic heterocycles. The van der Waals surface area contributed by atoms with Gasteiger partial charge in [-0.05, 0) is 107 Å². The van der Waals surface area contributed by atoms with Crippen LogP contribution in [0.4, 0.5) is 4.39 Å². The van der Waals surface area contributed by atoms with Crippen molar-refractivity contribution in [3.05, 3.63) is 29.1 Å². The summed E-state index contributed by atoms with van der Waals surface area (Å²) in [6.07, 6.45) is 14.3. The first-order valence-electron chi connectivity index (χ1n) is 15.1. The van der Waals surface area contributed by atoms with Gasteiger partial charge in [-0.15, -0.1) is 11.8 Å². The second-order valence-corrected chi connectivity index (χ2v) is 14.0. The lowest BCUT2D eigenvalue weighted by molar-refractivity contribution is -0.136. The third-order valence-electron chi connectivity index (χ3n) is 10.2. The van der Waals surface area contributed by atoms with Crippen LogP contribution < -0.4 is 5.32 Å². The summed E-state index contributed by atoms with van der Waals surface area (Å²) < 4.78 is 14.8. The lowest BCUT2D eigenvalue weighted by Crippen LogP contribution is -2.58. The number of carbonyl (C=O) groups excluding carboxylic acids is 4. The number of fused-ring (bicyclic) bond motifs is 1. The van der Waals surface area contributed by atoms with Gasteiger partial charge in [-0.3, -0.25) is 29.4 Å². The quantitative estimate of drug-likeness (QED) is 0.225. The number of imide groups is 2. The van der Waals surface area contributed by atoms with Crippen molar-refractivity contribution < 1.29 is 23.6 Å². The molecule has 1 saturated heterocycles. The number of carbonyl (C=O) groups is 4. The van der Waals surface area contributed by atoms with Gasteiger partial charge in [0.1, 0.15) is 11.9 Å². The molecular weight excluding hydrogens is 529 g/mol. The smallest absolute Gasteiger partial charge is 0.263 e. The summed E-state index contributed by atoms with van der Waals surface area (Å²) in [5.41, 5.74) is 0.645. The molecule has 6 aliphatic rings. The zero-order valence-corrected chi connectivity index (χ0v) is 24.2. The molecule has 1 aromatic rings. The van der Waals surface area contributed by atoms with Gasteiger partial charge in [0.2, 0.25) is 11.8 Å². The highest BCUT2D eigenvalue weighted by Gasteiger charge is 2.52. The summed E-state index contributed by atoms with van der Waals surface area (Å²) in [7, 11) is 2.35. The van der Waals surface area contributed by atoms with Crippen molar-refractivity contribution in [1.82, 2.24) is 15.1 Å². The number of nitrogens with zero attached hydrogens (tertiary/aromatic N) is 2. The Hall–Kier alpha value is -2.26. The van der Waals surface area contributed by atoms with Gasteiger partial charge >= 0.3 is 0 Å². The highest BCUT2D eigenvalue weighted by Crippen LogP contribution is 2.57. The van der Waals surface area contributed by atoms with Crippen molar-refractivity contribution in [2.45, 2.75) is 99.9 Å². The average Bonchev–Trinajstić information content (AvgIpc) is 3.15. The minimum Gasteiger partial charge on any atom is -0.301 e. The van der Waals surface area contributed by atoms with Crippen molar-refractivity contribution in [3.8, 4) is 0 Å². The molecule has 0 radical (unpaired) electrons. The highest BCUT2D eigenvalue weighted by atomic mass is 32.2. The summed E-state index contributed by atoms with van der Waals surface area (Å²) >= 11 is 1.27. The summed E-state index contributed by atoms with van der Waals surface area (Å²) in [5, 5.41) is 2.19. The van der Waals surface area contributed by atoms with Crippen LogP contribution >= 0.6 is 11.8 Å². The number of piperidine rings is 1. The van der Waals surface area contributed by atoms with Crippen molar-refractivity contribution in [2.24, 2.45) is 17.8 Å². The Balaban J connectivity index is 0.959. The van der Waals surface area contributed by atoms with Gasteiger partial charge in [-0.1, -0.05) is 19.3 Å². The fourth-order valence-corrected chi connectivity index (χ4v) is 9.67. The average molecular weight is 570 g/mol. The first-order valence-corrected chi connectivity index (χ1v) is 16.1. The Morgan fingerprint density at radius 2 is 1.60 bits per heavy atom. The molecular formula is C31H40FN3O4S. The van der Waals surface area contributed by atoms with Gasteiger partial charge in [-0.2, -0.15) is 0 Å². The van der Waals surface area contributed by atoms with Crippen molar-refractivity contribution >= 4 is 35.4 Å². The van der Waals surface area contributed by atoms with E-state index in [1.54, 1.807) is 0 Å².